The molecule has 2 N–H and O–H groups in total. The molecule has 204 valence electrons. The van der Waals surface area contributed by atoms with E-state index in [1.807, 2.05) is 18.2 Å². The average molecular weight is 497 g/mol. The highest BCUT2D eigenvalue weighted by Crippen LogP contribution is 2.13. The van der Waals surface area contributed by atoms with Gasteiger partial charge in [0, 0.05) is 12.3 Å². The molecule has 6 nitrogen and oxygen atoms in total. The van der Waals surface area contributed by atoms with Crippen molar-refractivity contribution in [2.24, 2.45) is 11.8 Å². The van der Waals surface area contributed by atoms with Crippen molar-refractivity contribution in [3.05, 3.63) is 24.3 Å². The van der Waals surface area contributed by atoms with E-state index in [1.54, 1.807) is 0 Å². The van der Waals surface area contributed by atoms with Crippen LogP contribution in [0.5, 0.6) is 0 Å². The van der Waals surface area contributed by atoms with E-state index in [-0.39, 0.29) is 37.8 Å². The van der Waals surface area contributed by atoms with Gasteiger partial charge in [-0.2, -0.15) is 0 Å². The van der Waals surface area contributed by atoms with Gasteiger partial charge in [-0.1, -0.05) is 84.1 Å². The third-order valence-electron chi connectivity index (χ3n) is 5.50. The van der Waals surface area contributed by atoms with Gasteiger partial charge < -0.3 is 15.0 Å². The van der Waals surface area contributed by atoms with Crippen LogP contribution in [0, 0.1) is 11.8 Å². The van der Waals surface area contributed by atoms with Crippen molar-refractivity contribution < 1.29 is 29.4 Å². The van der Waals surface area contributed by atoms with Gasteiger partial charge in [-0.3, -0.25) is 14.4 Å². The van der Waals surface area contributed by atoms with Crippen molar-refractivity contribution in [1.82, 2.24) is 0 Å². The lowest BCUT2D eigenvalue weighted by Crippen LogP contribution is -2.15. The molecule has 2 atom stereocenters. The largest absolute Gasteiger partial charge is 0.481 e. The lowest BCUT2D eigenvalue weighted by atomic mass is 9.97. The number of hydrogen-bond donors (Lipinski definition) is 2. The third kappa shape index (κ3) is 27.9. The standard InChI is InChI=1S/2C14H24O3.CH4/c1-3-4-5-6-7-8-9-10-13(12(2)15)11-14(16)17;1-3-4-5-6-7-8-9-10-13(14(16)17)11-12(2)15;/h2*8-9,13H,3-7,10-11H2,1-2H3,(H,16,17);1H4. The Morgan fingerprint density at radius 3 is 1.46 bits per heavy atom. The number of ketones is 2. The highest BCUT2D eigenvalue weighted by Gasteiger charge is 2.17. The quantitative estimate of drug-likeness (QED) is 0.131. The lowest BCUT2D eigenvalue weighted by Gasteiger charge is -2.07. The van der Waals surface area contributed by atoms with E-state index in [4.69, 9.17) is 10.2 Å². The van der Waals surface area contributed by atoms with Gasteiger partial charge in [-0.05, 0) is 52.4 Å². The van der Waals surface area contributed by atoms with E-state index in [9.17, 15) is 19.2 Å². The fourth-order valence-corrected chi connectivity index (χ4v) is 3.36. The van der Waals surface area contributed by atoms with Gasteiger partial charge in [0.2, 0.25) is 0 Å². The van der Waals surface area contributed by atoms with Crippen molar-refractivity contribution in [3.8, 4) is 0 Å². The number of carboxylic acids is 2. The maximum absolute atomic E-state index is 11.2. The number of carbonyl (C=O) groups is 4. The van der Waals surface area contributed by atoms with Crippen molar-refractivity contribution in [3.63, 3.8) is 0 Å². The Labute approximate surface area is 214 Å². The van der Waals surface area contributed by atoms with Crippen LogP contribution in [0.15, 0.2) is 24.3 Å². The molecule has 0 aliphatic carbocycles. The fourth-order valence-electron chi connectivity index (χ4n) is 3.36. The lowest BCUT2D eigenvalue weighted by molar-refractivity contribution is -0.143. The first kappa shape index (κ1) is 37.3. The highest BCUT2D eigenvalue weighted by molar-refractivity contribution is 5.83. The minimum atomic E-state index is -0.901. The van der Waals surface area contributed by atoms with Crippen LogP contribution in [0.1, 0.15) is 125 Å². The molecule has 0 aromatic carbocycles. The molecule has 0 saturated heterocycles. The van der Waals surface area contributed by atoms with Crippen LogP contribution in [0.2, 0.25) is 0 Å². The Hall–Kier alpha value is -2.24. The zero-order chi connectivity index (χ0) is 26.2. The molecule has 35 heavy (non-hydrogen) atoms. The number of rotatable bonds is 20. The Bertz CT molecular complexity index is 567. The molecular formula is C29H52O6. The molecule has 0 aromatic rings. The summed E-state index contributed by atoms with van der Waals surface area (Å²) >= 11 is 0. The first-order valence-corrected chi connectivity index (χ1v) is 12.9. The van der Waals surface area contributed by atoms with Gasteiger partial charge in [-0.25, -0.2) is 0 Å². The van der Waals surface area contributed by atoms with E-state index >= 15 is 0 Å². The van der Waals surface area contributed by atoms with Crippen LogP contribution < -0.4 is 0 Å². The molecule has 0 rings (SSSR count). The van der Waals surface area contributed by atoms with E-state index in [0.717, 1.165) is 19.3 Å². The zero-order valence-electron chi connectivity index (χ0n) is 21.9. The van der Waals surface area contributed by atoms with Crippen molar-refractivity contribution >= 4 is 23.5 Å². The number of Topliss-reactive ketones (excluding diaryl/α,β-unsaturated/α-hetero) is 2. The first-order valence-electron chi connectivity index (χ1n) is 12.9. The number of hydrogen-bond acceptors (Lipinski definition) is 4. The average Bonchev–Trinajstić information content (AvgIpc) is 2.76. The van der Waals surface area contributed by atoms with Gasteiger partial charge in [0.1, 0.15) is 11.6 Å². The molecule has 0 aromatic heterocycles. The summed E-state index contributed by atoms with van der Waals surface area (Å²) in [5, 5.41) is 17.6. The third-order valence-corrected chi connectivity index (χ3v) is 5.50. The van der Waals surface area contributed by atoms with Crippen LogP contribution in [-0.4, -0.2) is 33.7 Å². The Morgan fingerprint density at radius 1 is 0.657 bits per heavy atom. The summed E-state index contributed by atoms with van der Waals surface area (Å²) in [6.45, 7) is 7.25. The minimum absolute atomic E-state index is 0. The first-order chi connectivity index (χ1) is 16.1. The van der Waals surface area contributed by atoms with Gasteiger partial charge in [0.15, 0.2) is 0 Å². The molecule has 0 aliphatic rings. The topological polar surface area (TPSA) is 109 Å². The number of allylic oxidation sites excluding steroid dienone is 4. The summed E-state index contributed by atoms with van der Waals surface area (Å²) in [4.78, 5) is 43.5. The second-order valence-electron chi connectivity index (χ2n) is 8.96. The maximum atomic E-state index is 11.2. The molecule has 0 aliphatic heterocycles. The predicted molar refractivity (Wildman–Crippen MR) is 145 cm³/mol. The van der Waals surface area contributed by atoms with Crippen molar-refractivity contribution in [2.75, 3.05) is 0 Å². The molecule has 0 bridgehead atoms. The normalized spacial score (nSPS) is 12.5. The van der Waals surface area contributed by atoms with E-state index in [0.29, 0.717) is 12.8 Å². The molecular weight excluding hydrogens is 444 g/mol. The molecule has 0 fully saturated rings. The molecule has 0 amide bonds. The Balaban J connectivity index is -0.000000569. The SMILES string of the molecule is C.CCCCCCC=CCC(CC(=O)O)C(C)=O.CCCCCCC=CCC(CC(C)=O)C(=O)O. The second kappa shape index (κ2) is 26.4. The van der Waals surface area contributed by atoms with Crippen LogP contribution in [0.3, 0.4) is 0 Å². The van der Waals surface area contributed by atoms with Crippen molar-refractivity contribution in [2.45, 2.75) is 125 Å². The summed E-state index contributed by atoms with van der Waals surface area (Å²) in [5.41, 5.74) is 0. The summed E-state index contributed by atoms with van der Waals surface area (Å²) in [7, 11) is 0. The van der Waals surface area contributed by atoms with Crippen molar-refractivity contribution in [1.29, 1.82) is 0 Å². The van der Waals surface area contributed by atoms with Gasteiger partial charge in [0.05, 0.1) is 12.3 Å². The van der Waals surface area contributed by atoms with E-state index in [1.165, 1.54) is 58.8 Å². The van der Waals surface area contributed by atoms with Gasteiger partial charge in [0.25, 0.3) is 0 Å². The fraction of sp³-hybridized carbons (Fsp3) is 0.724. The number of unbranched alkanes of at least 4 members (excludes halogenated alkanes) is 8. The molecule has 0 heterocycles. The zero-order valence-corrected chi connectivity index (χ0v) is 21.9. The Morgan fingerprint density at radius 2 is 1.11 bits per heavy atom. The molecule has 0 saturated carbocycles. The van der Waals surface area contributed by atoms with Crippen LogP contribution in [0.4, 0.5) is 0 Å². The van der Waals surface area contributed by atoms with Crippen LogP contribution in [-0.2, 0) is 19.2 Å². The number of carbonyl (C=O) groups excluding carboxylic acids is 2. The maximum Gasteiger partial charge on any atom is 0.307 e. The van der Waals surface area contributed by atoms with E-state index < -0.39 is 17.9 Å². The number of aliphatic carboxylic acids is 2. The monoisotopic (exact) mass is 496 g/mol. The molecule has 2 unspecified atom stereocenters. The Kier molecular flexibility index (Phi) is 28.1. The van der Waals surface area contributed by atoms with Crippen LogP contribution >= 0.6 is 0 Å². The smallest absolute Gasteiger partial charge is 0.307 e. The highest BCUT2D eigenvalue weighted by atomic mass is 16.4. The molecule has 0 radical (unpaired) electrons. The summed E-state index contributed by atoms with van der Waals surface area (Å²) in [6, 6.07) is 0. The molecule has 0 spiro atoms. The summed E-state index contributed by atoms with van der Waals surface area (Å²) < 4.78 is 0. The van der Waals surface area contributed by atoms with E-state index in [2.05, 4.69) is 19.9 Å². The van der Waals surface area contributed by atoms with Crippen LogP contribution in [0.25, 0.3) is 0 Å². The molecule has 6 heteroatoms. The van der Waals surface area contributed by atoms with Gasteiger partial charge >= 0.3 is 11.9 Å². The minimum Gasteiger partial charge on any atom is -0.481 e. The second-order valence-corrected chi connectivity index (χ2v) is 8.96. The predicted octanol–water partition coefficient (Wildman–Crippen LogP) is 7.80. The number of carboxylic acid groups (broad SMARTS) is 2. The summed E-state index contributed by atoms with van der Waals surface area (Å²) in [6.07, 6.45) is 20.9. The summed E-state index contributed by atoms with van der Waals surface area (Å²) in [5.74, 6) is -2.80. The van der Waals surface area contributed by atoms with Gasteiger partial charge in [-0.15, -0.1) is 0 Å².